The second kappa shape index (κ2) is 4.24. The molecule has 1 amide bonds. The summed E-state index contributed by atoms with van der Waals surface area (Å²) in [5, 5.41) is 4.53. The van der Waals surface area contributed by atoms with Crippen LogP contribution in [0.15, 0.2) is 42.5 Å². The number of nitrogens with zero attached hydrogens (tertiary/aromatic N) is 1. The molecule has 1 aromatic heterocycles. The zero-order valence-electron chi connectivity index (χ0n) is 10.5. The van der Waals surface area contributed by atoms with E-state index in [1.807, 2.05) is 42.5 Å². The van der Waals surface area contributed by atoms with E-state index in [9.17, 15) is 4.79 Å². The van der Waals surface area contributed by atoms with E-state index in [0.717, 1.165) is 27.5 Å². The van der Waals surface area contributed by atoms with Gasteiger partial charge in [0.1, 0.15) is 0 Å². The SMILES string of the molecule is CC(=O)Nc1ccc2nc3ccccc3c(N)c2c1. The van der Waals surface area contributed by atoms with Gasteiger partial charge >= 0.3 is 0 Å². The van der Waals surface area contributed by atoms with Crippen LogP contribution < -0.4 is 11.1 Å². The highest BCUT2D eigenvalue weighted by Gasteiger charge is 2.07. The van der Waals surface area contributed by atoms with Gasteiger partial charge in [-0.15, -0.1) is 0 Å². The van der Waals surface area contributed by atoms with Gasteiger partial charge in [0.15, 0.2) is 0 Å². The molecule has 0 aliphatic carbocycles. The van der Waals surface area contributed by atoms with Crippen molar-refractivity contribution >= 4 is 39.1 Å². The lowest BCUT2D eigenvalue weighted by Gasteiger charge is -2.08. The van der Waals surface area contributed by atoms with Crippen LogP contribution >= 0.6 is 0 Å². The largest absolute Gasteiger partial charge is 0.398 e. The first-order chi connectivity index (χ1) is 9.15. The first-order valence-corrected chi connectivity index (χ1v) is 6.01. The van der Waals surface area contributed by atoms with Crippen LogP contribution in [0.5, 0.6) is 0 Å². The minimum atomic E-state index is -0.105. The molecule has 94 valence electrons. The minimum Gasteiger partial charge on any atom is -0.398 e. The number of hydrogen-bond donors (Lipinski definition) is 2. The maximum absolute atomic E-state index is 11.1. The van der Waals surface area contributed by atoms with E-state index < -0.39 is 0 Å². The van der Waals surface area contributed by atoms with Gasteiger partial charge in [0.2, 0.25) is 5.91 Å². The van der Waals surface area contributed by atoms with E-state index in [-0.39, 0.29) is 5.91 Å². The zero-order chi connectivity index (χ0) is 13.4. The molecule has 19 heavy (non-hydrogen) atoms. The van der Waals surface area contributed by atoms with Gasteiger partial charge in [-0.25, -0.2) is 4.98 Å². The lowest BCUT2D eigenvalue weighted by Crippen LogP contribution is -2.05. The highest BCUT2D eigenvalue weighted by Crippen LogP contribution is 2.29. The number of hydrogen-bond acceptors (Lipinski definition) is 3. The average Bonchev–Trinajstić information content (AvgIpc) is 2.39. The number of nitrogens with one attached hydrogen (secondary N) is 1. The van der Waals surface area contributed by atoms with E-state index in [2.05, 4.69) is 10.3 Å². The van der Waals surface area contributed by atoms with Crippen molar-refractivity contribution in [3.63, 3.8) is 0 Å². The van der Waals surface area contributed by atoms with Crippen molar-refractivity contribution in [1.82, 2.24) is 4.98 Å². The Kier molecular flexibility index (Phi) is 2.56. The summed E-state index contributed by atoms with van der Waals surface area (Å²) < 4.78 is 0. The van der Waals surface area contributed by atoms with Crippen LogP contribution in [0.1, 0.15) is 6.92 Å². The summed E-state index contributed by atoms with van der Waals surface area (Å²) in [7, 11) is 0. The Morgan fingerprint density at radius 1 is 1.11 bits per heavy atom. The number of anilines is 2. The number of nitrogen functional groups attached to an aromatic ring is 1. The van der Waals surface area contributed by atoms with Crippen LogP contribution in [0.4, 0.5) is 11.4 Å². The van der Waals surface area contributed by atoms with Gasteiger partial charge in [-0.3, -0.25) is 4.79 Å². The predicted molar refractivity (Wildman–Crippen MR) is 78.0 cm³/mol. The van der Waals surface area contributed by atoms with Gasteiger partial charge < -0.3 is 11.1 Å². The van der Waals surface area contributed by atoms with E-state index >= 15 is 0 Å². The maximum atomic E-state index is 11.1. The molecule has 1 heterocycles. The summed E-state index contributed by atoms with van der Waals surface area (Å²) in [6, 6.07) is 13.3. The summed E-state index contributed by atoms with van der Waals surface area (Å²) >= 11 is 0. The molecule has 0 saturated heterocycles. The molecule has 4 nitrogen and oxygen atoms in total. The predicted octanol–water partition coefficient (Wildman–Crippen LogP) is 2.93. The third-order valence-corrected chi connectivity index (χ3v) is 3.04. The highest BCUT2D eigenvalue weighted by molar-refractivity contribution is 6.07. The van der Waals surface area contributed by atoms with Crippen molar-refractivity contribution in [3.05, 3.63) is 42.5 Å². The fourth-order valence-electron chi connectivity index (χ4n) is 2.20. The zero-order valence-corrected chi connectivity index (χ0v) is 10.5. The normalized spacial score (nSPS) is 10.8. The van der Waals surface area contributed by atoms with Gasteiger partial charge in [0, 0.05) is 23.4 Å². The van der Waals surface area contributed by atoms with Crippen LogP contribution in [-0.2, 0) is 4.79 Å². The molecule has 3 N–H and O–H groups in total. The number of pyridine rings is 1. The standard InChI is InChI=1S/C15H13N3O/c1-9(19)17-10-6-7-14-12(8-10)15(16)11-4-2-3-5-13(11)18-14/h2-8H,1H3,(H2,16,18)(H,17,19). The van der Waals surface area contributed by atoms with E-state index in [0.29, 0.717) is 5.69 Å². The lowest BCUT2D eigenvalue weighted by atomic mass is 10.1. The third-order valence-electron chi connectivity index (χ3n) is 3.04. The van der Waals surface area contributed by atoms with Crippen LogP contribution in [0.2, 0.25) is 0 Å². The van der Waals surface area contributed by atoms with E-state index in [1.54, 1.807) is 0 Å². The molecular weight excluding hydrogens is 238 g/mol. The number of fused-ring (bicyclic) bond motifs is 2. The summed E-state index contributed by atoms with van der Waals surface area (Å²) in [5.74, 6) is -0.105. The molecule has 0 aliphatic rings. The Labute approximate surface area is 110 Å². The Morgan fingerprint density at radius 3 is 2.63 bits per heavy atom. The number of benzene rings is 2. The van der Waals surface area contributed by atoms with Crippen molar-refractivity contribution in [2.24, 2.45) is 0 Å². The molecular formula is C15H13N3O. The van der Waals surface area contributed by atoms with Gasteiger partial charge in [-0.2, -0.15) is 0 Å². The molecule has 3 rings (SSSR count). The topological polar surface area (TPSA) is 68.0 Å². The first-order valence-electron chi connectivity index (χ1n) is 6.01. The summed E-state index contributed by atoms with van der Waals surface area (Å²) in [5.41, 5.74) is 9.31. The lowest BCUT2D eigenvalue weighted by molar-refractivity contribution is -0.114. The second-order valence-corrected chi connectivity index (χ2v) is 4.46. The minimum absolute atomic E-state index is 0.105. The molecule has 0 fully saturated rings. The molecule has 0 aliphatic heterocycles. The van der Waals surface area contributed by atoms with E-state index in [4.69, 9.17) is 5.73 Å². The van der Waals surface area contributed by atoms with Crippen molar-refractivity contribution in [2.45, 2.75) is 6.92 Å². The van der Waals surface area contributed by atoms with Crippen LogP contribution in [0, 0.1) is 0 Å². The first kappa shape index (κ1) is 11.5. The Morgan fingerprint density at radius 2 is 1.84 bits per heavy atom. The fourth-order valence-corrected chi connectivity index (χ4v) is 2.20. The highest BCUT2D eigenvalue weighted by atomic mass is 16.1. The van der Waals surface area contributed by atoms with Gasteiger partial charge in [-0.1, -0.05) is 18.2 Å². The number of amides is 1. The van der Waals surface area contributed by atoms with Crippen LogP contribution in [0.3, 0.4) is 0 Å². The number of carbonyl (C=O) groups excluding carboxylic acids is 1. The third kappa shape index (κ3) is 1.97. The number of rotatable bonds is 1. The van der Waals surface area contributed by atoms with Crippen molar-refractivity contribution in [1.29, 1.82) is 0 Å². The van der Waals surface area contributed by atoms with Crippen LogP contribution in [0.25, 0.3) is 21.8 Å². The van der Waals surface area contributed by atoms with E-state index in [1.165, 1.54) is 6.92 Å². The maximum Gasteiger partial charge on any atom is 0.221 e. The monoisotopic (exact) mass is 251 g/mol. The second-order valence-electron chi connectivity index (χ2n) is 4.46. The van der Waals surface area contributed by atoms with Crippen molar-refractivity contribution < 1.29 is 4.79 Å². The van der Waals surface area contributed by atoms with Gasteiger partial charge in [-0.05, 0) is 24.3 Å². The van der Waals surface area contributed by atoms with Gasteiger partial charge in [0.25, 0.3) is 0 Å². The molecule has 0 saturated carbocycles. The van der Waals surface area contributed by atoms with Crippen LogP contribution in [-0.4, -0.2) is 10.9 Å². The Bertz CT molecular complexity index is 796. The van der Waals surface area contributed by atoms with Gasteiger partial charge in [0.05, 0.1) is 16.7 Å². The molecule has 0 atom stereocenters. The molecule has 0 radical (unpaired) electrons. The molecule has 4 heteroatoms. The average molecular weight is 251 g/mol. The molecule has 0 spiro atoms. The Hall–Kier alpha value is -2.62. The number of para-hydroxylation sites is 1. The Balaban J connectivity index is 2.30. The number of nitrogens with two attached hydrogens (primary N) is 1. The fraction of sp³-hybridized carbons (Fsp3) is 0.0667. The smallest absolute Gasteiger partial charge is 0.221 e. The summed E-state index contributed by atoms with van der Waals surface area (Å²) in [6.45, 7) is 1.48. The molecule has 0 unspecified atom stereocenters. The van der Waals surface area contributed by atoms with Crippen molar-refractivity contribution in [3.8, 4) is 0 Å². The number of carbonyl (C=O) groups is 1. The molecule has 0 bridgehead atoms. The summed E-state index contributed by atoms with van der Waals surface area (Å²) in [4.78, 5) is 15.7. The summed E-state index contributed by atoms with van der Waals surface area (Å²) in [6.07, 6.45) is 0. The number of aromatic nitrogens is 1. The van der Waals surface area contributed by atoms with Crippen molar-refractivity contribution in [2.75, 3.05) is 11.1 Å². The quantitative estimate of drug-likeness (QED) is 0.653. The molecule has 3 aromatic rings. The molecule has 2 aromatic carbocycles.